The smallest absolute Gasteiger partial charge is 0.326 e. The van der Waals surface area contributed by atoms with Gasteiger partial charge < -0.3 is 24.7 Å². The minimum Gasteiger partial charge on any atom is -0.480 e. The van der Waals surface area contributed by atoms with Crippen LogP contribution in [0, 0.1) is 0 Å². The van der Waals surface area contributed by atoms with Gasteiger partial charge in [0.1, 0.15) is 6.04 Å². The quantitative estimate of drug-likeness (QED) is 0.665. The van der Waals surface area contributed by atoms with Crippen molar-refractivity contribution >= 4 is 12.0 Å². The van der Waals surface area contributed by atoms with Gasteiger partial charge in [0.05, 0.1) is 12.7 Å². The minimum absolute atomic E-state index is 0.0704. The molecule has 2 N–H and O–H groups in total. The number of hydrogen-bond donors (Lipinski definition) is 2. The van der Waals surface area contributed by atoms with E-state index in [2.05, 4.69) is 0 Å². The molecule has 0 radical (unpaired) electrons. The van der Waals surface area contributed by atoms with E-state index in [9.17, 15) is 14.7 Å². The average molecular weight is 274 g/mol. The van der Waals surface area contributed by atoms with E-state index >= 15 is 0 Å². The van der Waals surface area contributed by atoms with Crippen LogP contribution >= 0.6 is 0 Å². The Morgan fingerprint density at radius 3 is 2.63 bits per heavy atom. The second-order valence-corrected chi connectivity index (χ2v) is 4.46. The summed E-state index contributed by atoms with van der Waals surface area (Å²) < 4.78 is 5.20. The Balaban J connectivity index is 2.64. The number of hydrogen-bond acceptors (Lipinski definition) is 4. The van der Waals surface area contributed by atoms with Crippen molar-refractivity contribution in [3.63, 3.8) is 0 Å². The molecule has 0 aromatic heterocycles. The lowest BCUT2D eigenvalue weighted by Crippen LogP contribution is -2.49. The van der Waals surface area contributed by atoms with Crippen LogP contribution in [0.2, 0.25) is 0 Å². The van der Waals surface area contributed by atoms with Gasteiger partial charge in [-0.1, -0.05) is 0 Å². The number of aliphatic hydroxyl groups is 1. The van der Waals surface area contributed by atoms with E-state index in [1.807, 2.05) is 13.8 Å². The molecule has 1 aliphatic rings. The molecule has 0 saturated carbocycles. The number of β-amino-alcohol motifs (C(OH)–C–C–N with tert-alkyl or cyclic N) is 1. The molecular formula is C12H22N2O5. The first-order chi connectivity index (χ1) is 9.01. The van der Waals surface area contributed by atoms with Gasteiger partial charge >= 0.3 is 12.0 Å². The third-order valence-corrected chi connectivity index (χ3v) is 3.17. The Bertz CT molecular complexity index is 323. The van der Waals surface area contributed by atoms with Crippen LogP contribution in [0.15, 0.2) is 0 Å². The van der Waals surface area contributed by atoms with Gasteiger partial charge in [-0.05, 0) is 13.8 Å². The highest BCUT2D eigenvalue weighted by Gasteiger charge is 2.40. The lowest BCUT2D eigenvalue weighted by Gasteiger charge is -2.29. The van der Waals surface area contributed by atoms with Gasteiger partial charge in [0, 0.05) is 32.7 Å². The summed E-state index contributed by atoms with van der Waals surface area (Å²) in [6, 6.07) is -1.30. The number of carbonyl (C=O) groups excluding carboxylic acids is 1. The number of amides is 2. The molecule has 2 atom stereocenters. The number of aliphatic hydroxyl groups excluding tert-OH is 1. The average Bonchev–Trinajstić information content (AvgIpc) is 2.76. The molecule has 2 amide bonds. The largest absolute Gasteiger partial charge is 0.480 e. The predicted octanol–water partition coefficient (Wildman–Crippen LogP) is -0.0154. The summed E-state index contributed by atoms with van der Waals surface area (Å²) >= 11 is 0. The number of carbonyl (C=O) groups is 2. The van der Waals surface area contributed by atoms with Crippen molar-refractivity contribution in [1.82, 2.24) is 9.80 Å². The molecule has 0 aliphatic carbocycles. The minimum atomic E-state index is -1.08. The zero-order valence-corrected chi connectivity index (χ0v) is 11.4. The van der Waals surface area contributed by atoms with Crippen molar-refractivity contribution in [3.8, 4) is 0 Å². The van der Waals surface area contributed by atoms with E-state index in [4.69, 9.17) is 9.84 Å². The van der Waals surface area contributed by atoms with Crippen molar-refractivity contribution < 1.29 is 24.5 Å². The molecule has 0 bridgehead atoms. The second kappa shape index (κ2) is 7.30. The normalized spacial score (nSPS) is 22.6. The summed E-state index contributed by atoms with van der Waals surface area (Å²) in [5, 5.41) is 18.6. The number of likely N-dealkylation sites (N-methyl/N-ethyl adjacent to an activating group) is 1. The molecule has 0 aromatic rings. The summed E-state index contributed by atoms with van der Waals surface area (Å²) in [5.74, 6) is -1.08. The SMILES string of the molecule is CCOCCN(CC)C(=O)N1C[C@H](O)C[C@@H]1C(=O)O. The molecule has 1 aliphatic heterocycles. The summed E-state index contributed by atoms with van der Waals surface area (Å²) in [7, 11) is 0. The van der Waals surface area contributed by atoms with Gasteiger partial charge in [-0.15, -0.1) is 0 Å². The first-order valence-corrected chi connectivity index (χ1v) is 6.55. The number of ether oxygens (including phenoxy) is 1. The third kappa shape index (κ3) is 4.07. The zero-order valence-electron chi connectivity index (χ0n) is 11.4. The Kier molecular flexibility index (Phi) is 6.04. The van der Waals surface area contributed by atoms with Gasteiger partial charge in [0.15, 0.2) is 0 Å². The molecule has 7 heteroatoms. The molecule has 0 aromatic carbocycles. The van der Waals surface area contributed by atoms with E-state index in [0.29, 0.717) is 26.3 Å². The second-order valence-electron chi connectivity index (χ2n) is 4.46. The Morgan fingerprint density at radius 1 is 1.42 bits per heavy atom. The van der Waals surface area contributed by atoms with Crippen LogP contribution in [-0.4, -0.2) is 77.0 Å². The summed E-state index contributed by atoms with van der Waals surface area (Å²) in [5.41, 5.74) is 0. The number of nitrogens with zero attached hydrogens (tertiary/aromatic N) is 2. The number of carboxylic acids is 1. The molecule has 7 nitrogen and oxygen atoms in total. The van der Waals surface area contributed by atoms with Crippen molar-refractivity contribution in [3.05, 3.63) is 0 Å². The maximum atomic E-state index is 12.3. The van der Waals surface area contributed by atoms with Crippen LogP contribution in [0.25, 0.3) is 0 Å². The lowest BCUT2D eigenvalue weighted by atomic mass is 10.2. The van der Waals surface area contributed by atoms with Crippen LogP contribution in [0.4, 0.5) is 4.79 Å². The molecule has 1 heterocycles. The molecule has 0 spiro atoms. The van der Waals surface area contributed by atoms with Crippen molar-refractivity contribution in [2.24, 2.45) is 0 Å². The molecule has 1 rings (SSSR count). The maximum absolute atomic E-state index is 12.3. The Morgan fingerprint density at radius 2 is 2.11 bits per heavy atom. The predicted molar refractivity (Wildman–Crippen MR) is 67.9 cm³/mol. The van der Waals surface area contributed by atoms with Crippen molar-refractivity contribution in [2.45, 2.75) is 32.4 Å². The van der Waals surface area contributed by atoms with Crippen LogP contribution < -0.4 is 0 Å². The summed E-state index contributed by atoms with van der Waals surface area (Å²) in [6.07, 6.45) is -0.681. The number of rotatable bonds is 6. The fourth-order valence-corrected chi connectivity index (χ4v) is 2.15. The van der Waals surface area contributed by atoms with Gasteiger partial charge in [-0.25, -0.2) is 9.59 Å². The highest BCUT2D eigenvalue weighted by Crippen LogP contribution is 2.19. The van der Waals surface area contributed by atoms with E-state index in [-0.39, 0.29) is 19.0 Å². The fraction of sp³-hybridized carbons (Fsp3) is 0.833. The zero-order chi connectivity index (χ0) is 14.4. The molecule has 19 heavy (non-hydrogen) atoms. The van der Waals surface area contributed by atoms with Gasteiger partial charge in [-0.2, -0.15) is 0 Å². The van der Waals surface area contributed by atoms with Crippen molar-refractivity contribution in [2.75, 3.05) is 32.8 Å². The molecular weight excluding hydrogens is 252 g/mol. The molecule has 110 valence electrons. The van der Waals surface area contributed by atoms with Crippen LogP contribution in [-0.2, 0) is 9.53 Å². The van der Waals surface area contributed by atoms with E-state index < -0.39 is 18.1 Å². The highest BCUT2D eigenvalue weighted by atomic mass is 16.5. The number of carboxylic acid groups (broad SMARTS) is 1. The molecule has 1 saturated heterocycles. The lowest BCUT2D eigenvalue weighted by molar-refractivity contribution is -0.141. The van der Waals surface area contributed by atoms with E-state index in [0.717, 1.165) is 0 Å². The van der Waals surface area contributed by atoms with Gasteiger partial charge in [0.2, 0.25) is 0 Å². The monoisotopic (exact) mass is 274 g/mol. The van der Waals surface area contributed by atoms with Crippen LogP contribution in [0.3, 0.4) is 0 Å². The number of aliphatic carboxylic acids is 1. The van der Waals surface area contributed by atoms with Crippen molar-refractivity contribution in [1.29, 1.82) is 0 Å². The van der Waals surface area contributed by atoms with Gasteiger partial charge in [-0.3, -0.25) is 0 Å². The number of urea groups is 1. The van der Waals surface area contributed by atoms with Crippen LogP contribution in [0.5, 0.6) is 0 Å². The van der Waals surface area contributed by atoms with E-state index in [1.54, 1.807) is 0 Å². The summed E-state index contributed by atoms with van der Waals surface area (Å²) in [4.78, 5) is 26.1. The summed E-state index contributed by atoms with van der Waals surface area (Å²) in [6.45, 7) is 5.66. The Labute approximate surface area is 112 Å². The number of likely N-dealkylation sites (tertiary alicyclic amines) is 1. The first kappa shape index (κ1) is 15.7. The first-order valence-electron chi connectivity index (χ1n) is 6.55. The fourth-order valence-electron chi connectivity index (χ4n) is 2.15. The standard InChI is InChI=1S/C12H22N2O5/c1-3-13(5-6-19-4-2)12(18)14-8-9(15)7-10(14)11(16)17/h9-10,15H,3-8H2,1-2H3,(H,16,17)/t9-,10-/m1/s1. The topological polar surface area (TPSA) is 90.3 Å². The Hall–Kier alpha value is -1.34. The van der Waals surface area contributed by atoms with Gasteiger partial charge in [0.25, 0.3) is 0 Å². The third-order valence-electron chi connectivity index (χ3n) is 3.17. The maximum Gasteiger partial charge on any atom is 0.326 e. The van der Waals surface area contributed by atoms with E-state index in [1.165, 1.54) is 9.80 Å². The molecule has 0 unspecified atom stereocenters. The highest BCUT2D eigenvalue weighted by molar-refractivity contribution is 5.83. The molecule has 1 fully saturated rings. The van der Waals surface area contributed by atoms with Crippen LogP contribution in [0.1, 0.15) is 20.3 Å².